The van der Waals surface area contributed by atoms with E-state index in [1.165, 1.54) is 5.56 Å². The van der Waals surface area contributed by atoms with Gasteiger partial charge in [-0.05, 0) is 52.4 Å². The fourth-order valence-corrected chi connectivity index (χ4v) is 4.20. The van der Waals surface area contributed by atoms with Gasteiger partial charge in [0.1, 0.15) is 0 Å². The summed E-state index contributed by atoms with van der Waals surface area (Å²) in [5.74, 6) is 13.8. The van der Waals surface area contributed by atoms with Crippen LogP contribution in [-0.2, 0) is 6.42 Å². The van der Waals surface area contributed by atoms with Gasteiger partial charge in [0.05, 0.1) is 0 Å². The molecular weight excluding hydrogens is 396 g/mol. The Bertz CT molecular complexity index is 1580. The Hall–Kier alpha value is -4.52. The molecule has 0 heteroatoms. The molecule has 0 bridgehead atoms. The molecule has 33 heavy (non-hydrogen) atoms. The molecule has 0 aliphatic rings. The van der Waals surface area contributed by atoms with Gasteiger partial charge in [0, 0.05) is 27.6 Å². The lowest BCUT2D eigenvalue weighted by atomic mass is 9.88. The highest BCUT2D eigenvalue weighted by Gasteiger charge is 2.14. The normalized spacial score (nSPS) is 10.2. The van der Waals surface area contributed by atoms with Crippen LogP contribution in [0.1, 0.15) is 27.8 Å². The number of fused-ring (bicyclic) bond motifs is 2. The third kappa shape index (κ3) is 4.16. The Morgan fingerprint density at radius 1 is 0.515 bits per heavy atom. The molecule has 0 aromatic heterocycles. The molecular formula is C33H22. The van der Waals surface area contributed by atoms with Crippen molar-refractivity contribution < 1.29 is 0 Å². The zero-order valence-electron chi connectivity index (χ0n) is 18.3. The Morgan fingerprint density at radius 3 is 1.64 bits per heavy atom. The van der Waals surface area contributed by atoms with Gasteiger partial charge in [-0.25, -0.2) is 0 Å². The zero-order valence-corrected chi connectivity index (χ0v) is 18.3. The van der Waals surface area contributed by atoms with Crippen molar-refractivity contribution in [2.45, 2.75) is 6.42 Å². The Kier molecular flexibility index (Phi) is 5.75. The van der Waals surface area contributed by atoms with E-state index in [4.69, 9.17) is 0 Å². The van der Waals surface area contributed by atoms with E-state index in [0.29, 0.717) is 0 Å². The minimum atomic E-state index is 0.779. The summed E-state index contributed by atoms with van der Waals surface area (Å²) >= 11 is 0. The summed E-state index contributed by atoms with van der Waals surface area (Å²) in [6, 6.07) is 35.2. The fraction of sp³-hybridized carbons (Fsp3) is 0.0303. The molecule has 0 amide bonds. The summed E-state index contributed by atoms with van der Waals surface area (Å²) < 4.78 is 0. The number of hydrogen-bond donors (Lipinski definition) is 0. The maximum atomic E-state index is 3.98. The smallest absolute Gasteiger partial charge is 0.0409 e. The molecule has 0 saturated carbocycles. The van der Waals surface area contributed by atoms with Crippen LogP contribution in [0.5, 0.6) is 0 Å². The van der Waals surface area contributed by atoms with E-state index in [1.807, 2.05) is 66.7 Å². The van der Waals surface area contributed by atoms with E-state index in [9.17, 15) is 0 Å². The van der Waals surface area contributed by atoms with Gasteiger partial charge in [0.25, 0.3) is 0 Å². The second kappa shape index (κ2) is 9.32. The van der Waals surface area contributed by atoms with Crippen molar-refractivity contribution in [1.82, 2.24) is 0 Å². The predicted octanol–water partition coefficient (Wildman–Crippen LogP) is 7.52. The molecule has 5 rings (SSSR count). The van der Waals surface area contributed by atoms with Crippen LogP contribution in [0.15, 0.2) is 116 Å². The topological polar surface area (TPSA) is 0 Å². The van der Waals surface area contributed by atoms with Crippen LogP contribution in [0, 0.1) is 23.7 Å². The highest BCUT2D eigenvalue weighted by Crippen LogP contribution is 2.34. The zero-order chi connectivity index (χ0) is 22.5. The van der Waals surface area contributed by atoms with Gasteiger partial charge in [-0.15, -0.1) is 6.58 Å². The van der Waals surface area contributed by atoms with Gasteiger partial charge in [0.15, 0.2) is 0 Å². The minimum Gasteiger partial charge on any atom is -0.103 e. The standard InChI is InChI=1S/C33H22/c1-2-12-27-17-11-20-31-30(23-21-25-13-5-3-6-14-25)28-18-9-10-19-29(28)32(33(27)31)24-22-26-15-7-4-8-16-26/h2-11,13-20H,1,12H2. The summed E-state index contributed by atoms with van der Waals surface area (Å²) in [5, 5.41) is 4.55. The van der Waals surface area contributed by atoms with Gasteiger partial charge in [-0.1, -0.05) is 109 Å². The summed E-state index contributed by atoms with van der Waals surface area (Å²) in [6.07, 6.45) is 2.73. The molecule has 0 aliphatic heterocycles. The summed E-state index contributed by atoms with van der Waals surface area (Å²) in [6.45, 7) is 3.98. The molecule has 0 N–H and O–H groups in total. The van der Waals surface area contributed by atoms with Crippen molar-refractivity contribution in [1.29, 1.82) is 0 Å². The van der Waals surface area contributed by atoms with E-state index < -0.39 is 0 Å². The van der Waals surface area contributed by atoms with Crippen LogP contribution < -0.4 is 0 Å². The first-order valence-electron chi connectivity index (χ1n) is 11.1. The number of benzene rings is 5. The largest absolute Gasteiger partial charge is 0.103 e. The second-order valence-electron chi connectivity index (χ2n) is 7.86. The van der Waals surface area contributed by atoms with Crippen molar-refractivity contribution in [2.75, 3.05) is 0 Å². The molecule has 0 fully saturated rings. The minimum absolute atomic E-state index is 0.779. The molecule has 154 valence electrons. The van der Waals surface area contributed by atoms with E-state index in [2.05, 4.69) is 72.7 Å². The van der Waals surface area contributed by atoms with Gasteiger partial charge in [-0.2, -0.15) is 0 Å². The molecule has 0 unspecified atom stereocenters. The SMILES string of the molecule is C=CCc1cccc2c(C#Cc3ccccc3)c3ccccc3c(C#Cc3ccccc3)c12. The Morgan fingerprint density at radius 2 is 1.03 bits per heavy atom. The highest BCUT2D eigenvalue weighted by atomic mass is 14.2. The van der Waals surface area contributed by atoms with Gasteiger partial charge in [-0.3, -0.25) is 0 Å². The van der Waals surface area contributed by atoms with Crippen LogP contribution in [0.2, 0.25) is 0 Å². The number of rotatable bonds is 2. The lowest BCUT2D eigenvalue weighted by molar-refractivity contribution is 1.31. The monoisotopic (exact) mass is 418 g/mol. The van der Waals surface area contributed by atoms with E-state index in [0.717, 1.165) is 50.2 Å². The lowest BCUT2D eigenvalue weighted by Gasteiger charge is -2.14. The van der Waals surface area contributed by atoms with Crippen molar-refractivity contribution in [3.8, 4) is 23.7 Å². The van der Waals surface area contributed by atoms with Crippen LogP contribution >= 0.6 is 0 Å². The fourth-order valence-electron chi connectivity index (χ4n) is 4.20. The summed E-state index contributed by atoms with van der Waals surface area (Å²) in [5.41, 5.74) is 5.31. The van der Waals surface area contributed by atoms with Gasteiger partial charge < -0.3 is 0 Å². The summed E-state index contributed by atoms with van der Waals surface area (Å²) in [4.78, 5) is 0. The molecule has 0 spiro atoms. The molecule has 5 aromatic carbocycles. The Labute approximate surface area is 195 Å². The summed E-state index contributed by atoms with van der Waals surface area (Å²) in [7, 11) is 0. The maximum Gasteiger partial charge on any atom is 0.0409 e. The molecule has 0 saturated heterocycles. The van der Waals surface area contributed by atoms with Gasteiger partial charge in [0.2, 0.25) is 0 Å². The first kappa shape index (κ1) is 20.4. The van der Waals surface area contributed by atoms with Crippen LogP contribution in [0.3, 0.4) is 0 Å². The molecule has 0 atom stereocenters. The third-order valence-electron chi connectivity index (χ3n) is 5.71. The predicted molar refractivity (Wildman–Crippen MR) is 140 cm³/mol. The Balaban J connectivity index is 1.86. The lowest BCUT2D eigenvalue weighted by Crippen LogP contribution is -1.95. The maximum absolute atomic E-state index is 3.98. The van der Waals surface area contributed by atoms with Crippen LogP contribution in [-0.4, -0.2) is 0 Å². The molecule has 0 nitrogen and oxygen atoms in total. The van der Waals surface area contributed by atoms with Crippen molar-refractivity contribution in [2.24, 2.45) is 0 Å². The van der Waals surface area contributed by atoms with E-state index in [1.54, 1.807) is 0 Å². The first-order valence-corrected chi connectivity index (χ1v) is 11.1. The average Bonchev–Trinajstić information content (AvgIpc) is 2.87. The quantitative estimate of drug-likeness (QED) is 0.158. The molecule has 0 aliphatic carbocycles. The van der Waals surface area contributed by atoms with Crippen molar-refractivity contribution >= 4 is 21.5 Å². The number of hydrogen-bond acceptors (Lipinski definition) is 0. The van der Waals surface area contributed by atoms with Crippen LogP contribution in [0.25, 0.3) is 21.5 Å². The van der Waals surface area contributed by atoms with E-state index >= 15 is 0 Å². The highest BCUT2D eigenvalue weighted by molar-refractivity contribution is 6.11. The molecule has 5 aromatic rings. The molecule has 0 heterocycles. The van der Waals surface area contributed by atoms with E-state index in [-0.39, 0.29) is 0 Å². The average molecular weight is 419 g/mol. The van der Waals surface area contributed by atoms with Crippen molar-refractivity contribution in [3.05, 3.63) is 144 Å². The first-order chi connectivity index (χ1) is 16.3. The molecule has 0 radical (unpaired) electrons. The van der Waals surface area contributed by atoms with Crippen molar-refractivity contribution in [3.63, 3.8) is 0 Å². The van der Waals surface area contributed by atoms with Crippen LogP contribution in [0.4, 0.5) is 0 Å². The third-order valence-corrected chi connectivity index (χ3v) is 5.71. The van der Waals surface area contributed by atoms with Gasteiger partial charge >= 0.3 is 0 Å². The second-order valence-corrected chi connectivity index (χ2v) is 7.86. The number of allylic oxidation sites excluding steroid dienone is 1.